The first kappa shape index (κ1) is 20.3. The third-order valence-electron chi connectivity index (χ3n) is 4.11. The van der Waals surface area contributed by atoms with Gasteiger partial charge in [-0.3, -0.25) is 14.8 Å². The average Bonchev–Trinajstić information content (AvgIpc) is 3.34. The smallest absolute Gasteiger partial charge is 0.288 e. The van der Waals surface area contributed by atoms with Crippen LogP contribution in [0.5, 0.6) is 0 Å². The number of fused-ring (bicyclic) bond motifs is 1. The molecule has 0 radical (unpaired) electrons. The number of nitrogens with one attached hydrogen (secondary N) is 1. The van der Waals surface area contributed by atoms with Crippen LogP contribution in [-0.4, -0.2) is 30.5 Å². The molecule has 7 nitrogen and oxygen atoms in total. The Balaban J connectivity index is 1.52. The van der Waals surface area contributed by atoms with E-state index in [0.29, 0.717) is 5.56 Å². The fourth-order valence-corrected chi connectivity index (χ4v) is 3.97. The Bertz CT molecular complexity index is 1260. The molecule has 3 aromatic heterocycles. The van der Waals surface area contributed by atoms with E-state index in [4.69, 9.17) is 11.6 Å². The lowest BCUT2D eigenvalue weighted by atomic mass is 10.2. The molecule has 0 unspecified atom stereocenters. The molecule has 1 aromatic carbocycles. The molecule has 13 heteroatoms. The number of carbonyl (C=O) groups excluding carboxylic acids is 1. The van der Waals surface area contributed by atoms with Crippen molar-refractivity contribution in [3.8, 4) is 0 Å². The van der Waals surface area contributed by atoms with Gasteiger partial charge in [0.15, 0.2) is 5.69 Å². The maximum Gasteiger partial charge on any atom is 0.435 e. The fraction of sp³-hybridized carbons (Fsp3) is 0.176. The summed E-state index contributed by atoms with van der Waals surface area (Å²) in [6.07, 6.45) is -3.29. The van der Waals surface area contributed by atoms with Gasteiger partial charge >= 0.3 is 6.18 Å². The molecule has 0 fully saturated rings. The zero-order valence-electron chi connectivity index (χ0n) is 15.0. The second kappa shape index (κ2) is 7.36. The van der Waals surface area contributed by atoms with Crippen molar-refractivity contribution in [3.05, 3.63) is 57.6 Å². The van der Waals surface area contributed by atoms with E-state index in [1.807, 2.05) is 0 Å². The van der Waals surface area contributed by atoms with E-state index in [2.05, 4.69) is 20.5 Å². The maximum atomic E-state index is 13.1. The van der Waals surface area contributed by atoms with Gasteiger partial charge < -0.3 is 0 Å². The van der Waals surface area contributed by atoms with Crippen LogP contribution in [0.15, 0.2) is 30.6 Å². The Morgan fingerprint density at radius 2 is 2.03 bits per heavy atom. The molecule has 156 valence electrons. The van der Waals surface area contributed by atoms with Crippen LogP contribution in [0, 0.1) is 5.82 Å². The van der Waals surface area contributed by atoms with Gasteiger partial charge in [0.25, 0.3) is 5.91 Å². The van der Waals surface area contributed by atoms with Gasteiger partial charge in [-0.1, -0.05) is 17.7 Å². The number of benzene rings is 1. The molecule has 0 atom stereocenters. The molecule has 0 aliphatic rings. The van der Waals surface area contributed by atoms with Crippen LogP contribution >= 0.6 is 22.9 Å². The molecule has 3 heterocycles. The molecular weight excluding hydrogens is 448 g/mol. The number of hydrogen-bond acceptors (Lipinski definition) is 5. The normalized spacial score (nSPS) is 11.9. The number of aromatic nitrogens is 5. The number of amides is 1. The minimum Gasteiger partial charge on any atom is -0.288 e. The van der Waals surface area contributed by atoms with E-state index in [1.54, 1.807) is 0 Å². The van der Waals surface area contributed by atoms with Crippen LogP contribution in [0.4, 0.5) is 23.5 Å². The van der Waals surface area contributed by atoms with Crippen molar-refractivity contribution in [3.63, 3.8) is 0 Å². The van der Waals surface area contributed by atoms with Gasteiger partial charge in [-0.05, 0) is 23.8 Å². The molecule has 0 aliphatic carbocycles. The zero-order valence-corrected chi connectivity index (χ0v) is 16.6. The monoisotopic (exact) mass is 458 g/mol. The highest BCUT2D eigenvalue weighted by atomic mass is 35.5. The summed E-state index contributed by atoms with van der Waals surface area (Å²) in [5.41, 5.74) is -0.452. The lowest BCUT2D eigenvalue weighted by Gasteiger charge is -2.04. The number of alkyl halides is 3. The summed E-state index contributed by atoms with van der Waals surface area (Å²) in [5, 5.41) is 10.1. The van der Waals surface area contributed by atoms with E-state index < -0.39 is 23.6 Å². The van der Waals surface area contributed by atoms with Gasteiger partial charge in [-0.25, -0.2) is 14.1 Å². The van der Waals surface area contributed by atoms with Crippen molar-refractivity contribution in [2.75, 3.05) is 5.32 Å². The molecular formula is C17H11ClF4N6OS. The number of thiophene rings is 1. The van der Waals surface area contributed by atoms with Crippen molar-refractivity contribution in [1.82, 2.24) is 24.5 Å². The van der Waals surface area contributed by atoms with Crippen molar-refractivity contribution < 1.29 is 22.4 Å². The van der Waals surface area contributed by atoms with Gasteiger partial charge in [0.2, 0.25) is 5.95 Å². The molecule has 0 saturated carbocycles. The molecule has 0 spiro atoms. The molecule has 1 amide bonds. The van der Waals surface area contributed by atoms with Crippen LogP contribution in [0.2, 0.25) is 5.02 Å². The number of halogens is 5. The maximum absolute atomic E-state index is 13.1. The SMILES string of the molecule is Cn1nc(C(F)(F)F)c2cc(C(=O)Nc3ncn(Cc4ccc(F)cc4Cl)n3)sc21. The third kappa shape index (κ3) is 3.87. The Morgan fingerprint density at radius 1 is 1.27 bits per heavy atom. The van der Waals surface area contributed by atoms with Crippen LogP contribution < -0.4 is 5.32 Å². The van der Waals surface area contributed by atoms with Crippen molar-refractivity contribution in [1.29, 1.82) is 0 Å². The van der Waals surface area contributed by atoms with E-state index in [9.17, 15) is 22.4 Å². The number of hydrogen-bond donors (Lipinski definition) is 1. The minimum absolute atomic E-state index is 0.0372. The first-order valence-corrected chi connectivity index (χ1v) is 9.49. The summed E-state index contributed by atoms with van der Waals surface area (Å²) in [5.74, 6) is -1.16. The Labute approximate surface area is 174 Å². The van der Waals surface area contributed by atoms with E-state index >= 15 is 0 Å². The highest BCUT2D eigenvalue weighted by Crippen LogP contribution is 2.37. The third-order valence-corrected chi connectivity index (χ3v) is 5.67. The number of nitrogens with zero attached hydrogens (tertiary/aromatic N) is 5. The number of rotatable bonds is 4. The minimum atomic E-state index is -4.63. The lowest BCUT2D eigenvalue weighted by molar-refractivity contribution is -0.140. The zero-order chi connectivity index (χ0) is 21.6. The predicted octanol–water partition coefficient (Wildman–Crippen LogP) is 4.34. The van der Waals surface area contributed by atoms with Gasteiger partial charge in [0.05, 0.1) is 11.4 Å². The summed E-state index contributed by atoms with van der Waals surface area (Å²) in [6, 6.07) is 5.07. The second-order valence-corrected chi connectivity index (χ2v) is 7.69. The summed E-state index contributed by atoms with van der Waals surface area (Å²) in [4.78, 5) is 16.7. The first-order chi connectivity index (χ1) is 14.1. The van der Waals surface area contributed by atoms with Crippen LogP contribution in [0.25, 0.3) is 10.2 Å². The summed E-state index contributed by atoms with van der Waals surface area (Å²) >= 11 is 6.85. The van der Waals surface area contributed by atoms with Crippen LogP contribution in [-0.2, 0) is 19.8 Å². The summed E-state index contributed by atoms with van der Waals surface area (Å²) in [6.45, 7) is 0.186. The fourth-order valence-electron chi connectivity index (χ4n) is 2.78. The topological polar surface area (TPSA) is 77.6 Å². The van der Waals surface area contributed by atoms with Gasteiger partial charge in [-0.15, -0.1) is 16.4 Å². The van der Waals surface area contributed by atoms with Gasteiger partial charge in [-0.2, -0.15) is 18.3 Å². The first-order valence-electron chi connectivity index (χ1n) is 8.30. The predicted molar refractivity (Wildman–Crippen MR) is 102 cm³/mol. The quantitative estimate of drug-likeness (QED) is 0.461. The molecule has 1 N–H and O–H groups in total. The Morgan fingerprint density at radius 3 is 2.73 bits per heavy atom. The Kier molecular flexibility index (Phi) is 4.98. The average molecular weight is 459 g/mol. The van der Waals surface area contributed by atoms with Crippen molar-refractivity contribution >= 4 is 45.0 Å². The van der Waals surface area contributed by atoms with Gasteiger partial charge in [0, 0.05) is 17.5 Å². The summed E-state index contributed by atoms with van der Waals surface area (Å²) < 4.78 is 54.9. The van der Waals surface area contributed by atoms with Crippen LogP contribution in [0.1, 0.15) is 20.9 Å². The summed E-state index contributed by atoms with van der Waals surface area (Å²) in [7, 11) is 1.37. The van der Waals surface area contributed by atoms with Gasteiger partial charge in [0.1, 0.15) is 17.0 Å². The lowest BCUT2D eigenvalue weighted by Crippen LogP contribution is -2.12. The molecule has 0 bridgehead atoms. The Hall–Kier alpha value is -2.99. The van der Waals surface area contributed by atoms with E-state index in [-0.39, 0.29) is 32.6 Å². The van der Waals surface area contributed by atoms with Crippen LogP contribution in [0.3, 0.4) is 0 Å². The standard InChI is InChI=1S/C17H11ClF4N6OS/c1-27-15-10(13(25-27)17(20,21)22)5-12(30-15)14(29)24-16-23-7-28(26-16)6-8-2-3-9(19)4-11(8)18/h2-5,7H,6H2,1H3,(H,24,26,29). The second-order valence-electron chi connectivity index (χ2n) is 6.26. The number of carbonyl (C=O) groups is 1. The van der Waals surface area contributed by atoms with E-state index in [0.717, 1.165) is 22.1 Å². The molecule has 0 aliphatic heterocycles. The molecule has 4 aromatic rings. The molecule has 0 saturated heterocycles. The largest absolute Gasteiger partial charge is 0.435 e. The van der Waals surface area contributed by atoms with Crippen molar-refractivity contribution in [2.24, 2.45) is 7.05 Å². The molecule has 4 rings (SSSR count). The highest BCUT2D eigenvalue weighted by Gasteiger charge is 2.37. The number of anilines is 1. The van der Waals surface area contributed by atoms with E-state index in [1.165, 1.54) is 36.3 Å². The molecule has 30 heavy (non-hydrogen) atoms. The van der Waals surface area contributed by atoms with Crippen molar-refractivity contribution in [2.45, 2.75) is 12.7 Å². The number of aryl methyl sites for hydroxylation is 1. The highest BCUT2D eigenvalue weighted by molar-refractivity contribution is 7.20.